The number of anilines is 3. The number of nitrogens with one attached hydrogen (secondary N) is 5. The summed E-state index contributed by atoms with van der Waals surface area (Å²) in [6.45, 7) is 0.532. The maximum Gasteiger partial charge on any atom is 0.454 e. The number of benzene rings is 8. The highest BCUT2D eigenvalue weighted by Crippen LogP contribution is 2.47. The van der Waals surface area contributed by atoms with E-state index in [1.165, 1.54) is 103 Å². The summed E-state index contributed by atoms with van der Waals surface area (Å²) in [5.74, 6) is 2.65. The molecule has 113 heavy (non-hydrogen) atoms. The number of hydrogen-bond acceptors (Lipinski definition) is 18. The highest BCUT2D eigenvalue weighted by Gasteiger charge is 2.33. The summed E-state index contributed by atoms with van der Waals surface area (Å²) in [6.07, 6.45) is 17.7. The van der Waals surface area contributed by atoms with Crippen molar-refractivity contribution in [2.75, 3.05) is 22.9 Å². The Morgan fingerprint density at radius 2 is 0.850 bits per heavy atom. The third-order valence-corrected chi connectivity index (χ3v) is 25.1. The Kier molecular flexibility index (Phi) is 26.5. The van der Waals surface area contributed by atoms with Crippen LogP contribution < -0.4 is 22.1 Å². The summed E-state index contributed by atoms with van der Waals surface area (Å²) in [7, 11) is -1.04. The number of carbonyl (C=O) groups is 3. The molecule has 2 atom stereocenters. The van der Waals surface area contributed by atoms with E-state index in [0.29, 0.717) is 12.1 Å². The fourth-order valence-corrected chi connectivity index (χ4v) is 17.5. The zero-order valence-corrected chi connectivity index (χ0v) is 67.1. The minimum absolute atomic E-state index is 0.0731. The molecule has 0 spiro atoms. The fraction of sp³-hybridized carbons (Fsp3) is 0.167. The largest absolute Gasteiger partial charge is 0.454 e. The van der Waals surface area contributed by atoms with Crippen LogP contribution in [-0.4, -0.2) is 72.5 Å². The number of halogens is 1. The van der Waals surface area contributed by atoms with Crippen LogP contribution in [0.2, 0.25) is 5.82 Å². The minimum Gasteiger partial charge on any atom is -0.427 e. The maximum atomic E-state index is 10.6. The third kappa shape index (κ3) is 21.8. The highest BCUT2D eigenvalue weighted by molar-refractivity contribution is 9.11. The van der Waals surface area contributed by atoms with Gasteiger partial charge in [-0.2, -0.15) is 16.6 Å². The number of rotatable bonds is 19. The minimum atomic E-state index is -1.04. The first kappa shape index (κ1) is 78.7. The van der Waals surface area contributed by atoms with Gasteiger partial charge < -0.3 is 47.1 Å². The smallest absolute Gasteiger partial charge is 0.427 e. The van der Waals surface area contributed by atoms with Crippen molar-refractivity contribution < 1.29 is 24.4 Å². The van der Waals surface area contributed by atoms with Gasteiger partial charge in [0, 0.05) is 54.9 Å². The predicted molar refractivity (Wildman–Crippen MR) is 472 cm³/mol. The van der Waals surface area contributed by atoms with Crippen molar-refractivity contribution in [3.63, 3.8) is 0 Å². The summed E-state index contributed by atoms with van der Waals surface area (Å²) in [4.78, 5) is 57.7. The van der Waals surface area contributed by atoms with E-state index in [4.69, 9.17) is 21.5 Å². The molecular weight excluding hydrogens is 1570 g/mol. The Bertz CT molecular complexity index is 5790. The second-order valence-corrected chi connectivity index (χ2v) is 33.9. The molecule has 11 N–H and O–H groups in total. The number of nitrogen functional groups attached to an aromatic ring is 1. The summed E-state index contributed by atoms with van der Waals surface area (Å²) in [5, 5.41) is 45.9. The lowest BCUT2D eigenvalue weighted by molar-refractivity contribution is 0.111. The maximum absolute atomic E-state index is 10.6. The molecule has 0 bridgehead atoms. The van der Waals surface area contributed by atoms with Crippen LogP contribution >= 0.6 is 72.6 Å². The van der Waals surface area contributed by atoms with Gasteiger partial charge in [0.15, 0.2) is 0 Å². The Morgan fingerprint density at radius 3 is 1.21 bits per heavy atom. The van der Waals surface area contributed by atoms with Gasteiger partial charge in [0.25, 0.3) is 0 Å². The van der Waals surface area contributed by atoms with E-state index >= 15 is 0 Å². The zero-order valence-electron chi connectivity index (χ0n) is 61.4. The number of aldehydes is 3. The van der Waals surface area contributed by atoms with E-state index in [9.17, 15) is 19.6 Å². The molecule has 16 aromatic rings. The van der Waals surface area contributed by atoms with Gasteiger partial charge in [0.2, 0.25) is 0 Å². The number of aromatic nitrogens is 6. The van der Waals surface area contributed by atoms with E-state index in [1.807, 2.05) is 173 Å². The lowest BCUT2D eigenvalue weighted by atomic mass is 9.84. The average Bonchev–Trinajstić information content (AvgIpc) is 1.69. The molecule has 0 amide bonds. The summed E-state index contributed by atoms with van der Waals surface area (Å²) in [6, 6.07) is 70.8. The quantitative estimate of drug-likeness (QED) is 0.0207. The van der Waals surface area contributed by atoms with Gasteiger partial charge in [-0.15, -0.1) is 45.3 Å². The first-order valence-corrected chi connectivity index (χ1v) is 42.5. The second kappa shape index (κ2) is 38.0. The van der Waals surface area contributed by atoms with Gasteiger partial charge in [0.05, 0.1) is 68.0 Å². The molecule has 4 saturated carbocycles. The molecule has 20 rings (SSSR count). The molecule has 16 nitrogen and oxygen atoms in total. The van der Waals surface area contributed by atoms with Crippen molar-refractivity contribution in [1.82, 2.24) is 29.9 Å². The van der Waals surface area contributed by atoms with E-state index in [-0.39, 0.29) is 11.9 Å². The topological polar surface area (TPSA) is 278 Å². The van der Waals surface area contributed by atoms with Crippen LogP contribution in [0, 0.1) is 11.3 Å². The van der Waals surface area contributed by atoms with Crippen molar-refractivity contribution in [3.8, 4) is 61.7 Å². The first-order chi connectivity index (χ1) is 55.3. The lowest BCUT2D eigenvalue weighted by Gasteiger charge is -2.19. The number of nitriles is 1. The van der Waals surface area contributed by atoms with Gasteiger partial charge in [-0.1, -0.05) is 134 Å². The van der Waals surface area contributed by atoms with Crippen LogP contribution in [-0.2, 0) is 0 Å². The predicted octanol–water partition coefficient (Wildman–Crippen LogP) is 23.2. The highest BCUT2D eigenvalue weighted by atomic mass is 79.9. The van der Waals surface area contributed by atoms with E-state index in [2.05, 4.69) is 162 Å². The molecule has 2 unspecified atom stereocenters. The molecule has 0 aliphatic heterocycles. The molecule has 4 aliphatic carbocycles. The fourth-order valence-electron chi connectivity index (χ4n) is 12.4. The van der Waals surface area contributed by atoms with E-state index in [0.717, 1.165) is 131 Å². The number of fused-ring (bicyclic) bond motifs is 3. The summed E-state index contributed by atoms with van der Waals surface area (Å²) in [5.41, 5.74) is 36.7. The Hall–Kier alpha value is -11.0. The van der Waals surface area contributed by atoms with Gasteiger partial charge in [-0.25, -0.2) is 15.0 Å². The molecule has 4 aliphatic rings. The number of imidazole rings is 3. The average molecular weight is 1650 g/mol. The van der Waals surface area contributed by atoms with Crippen LogP contribution in [0.15, 0.2) is 261 Å². The second-order valence-electron chi connectivity index (χ2n) is 28.0. The molecule has 0 radical (unpaired) electrons. The van der Waals surface area contributed by atoms with Gasteiger partial charge in [-0.05, 0) is 262 Å². The number of thiophene rings is 5. The van der Waals surface area contributed by atoms with Crippen LogP contribution in [0.5, 0.6) is 0 Å². The SMILES string of the molecule is N#CC(Nc1ccc2nc[nH]c2c1)c1ccc(-c2csc(C3CC3)c2)cc1.NCC(Nc1ccc2nc[nH]c2c1)c1ccc(-c2csc(C3CC3)c2)cc1.Nc1ccc2nc[nH]c2c1.O=Cc1ccc(-c2ccsc2)cc1.O=Cc1ccc(-c2csc(Br)c2)cc1.O=Cc1ccc(-c2csc(C3CC3)c2)cc1.OB(O)C1CC1. The molecule has 8 aromatic heterocycles. The van der Waals surface area contributed by atoms with E-state index in [1.54, 1.807) is 41.7 Å². The number of aromatic amines is 3. The van der Waals surface area contributed by atoms with Crippen molar-refractivity contribution >= 4 is 149 Å². The summed E-state index contributed by atoms with van der Waals surface area (Å²) >= 11 is 12.4. The van der Waals surface area contributed by atoms with Crippen LogP contribution in [0.25, 0.3) is 88.7 Å². The van der Waals surface area contributed by atoms with Crippen LogP contribution in [0.3, 0.4) is 0 Å². The Balaban J connectivity index is 0.000000114. The molecule has 0 saturated heterocycles. The molecule has 8 aromatic carbocycles. The molecule has 4 fully saturated rings. The number of carbonyl (C=O) groups excluding carboxylic acids is 3. The van der Waals surface area contributed by atoms with Crippen molar-refractivity contribution in [2.45, 2.75) is 87.0 Å². The lowest BCUT2D eigenvalue weighted by Crippen LogP contribution is -2.20. The summed E-state index contributed by atoms with van der Waals surface area (Å²) < 4.78 is 1.12. The first-order valence-electron chi connectivity index (χ1n) is 37.3. The van der Waals surface area contributed by atoms with Crippen molar-refractivity contribution in [3.05, 3.63) is 304 Å². The number of nitrogens with two attached hydrogens (primary N) is 2. The number of H-pyrrole nitrogens is 3. The number of nitrogens with zero attached hydrogens (tertiary/aromatic N) is 4. The van der Waals surface area contributed by atoms with Crippen LogP contribution in [0.4, 0.5) is 17.1 Å². The van der Waals surface area contributed by atoms with Gasteiger partial charge >= 0.3 is 7.12 Å². The van der Waals surface area contributed by atoms with Crippen LogP contribution in [0.1, 0.15) is 138 Å². The van der Waals surface area contributed by atoms with Crippen molar-refractivity contribution in [1.29, 1.82) is 5.26 Å². The third-order valence-electron chi connectivity index (χ3n) is 19.6. The number of hydrogen-bond donors (Lipinski definition) is 9. The Morgan fingerprint density at radius 1 is 0.460 bits per heavy atom. The Labute approximate surface area is 684 Å². The molecular formula is C90H81BBrN11O5S5. The zero-order chi connectivity index (χ0) is 78.0. The normalized spacial score (nSPS) is 13.7. The van der Waals surface area contributed by atoms with E-state index < -0.39 is 13.2 Å². The van der Waals surface area contributed by atoms with Gasteiger partial charge in [-0.3, -0.25) is 14.4 Å². The molecule has 8 heterocycles. The monoisotopic (exact) mass is 1650 g/mol. The molecule has 23 heteroatoms. The van der Waals surface area contributed by atoms with Crippen molar-refractivity contribution in [2.24, 2.45) is 5.73 Å². The standard InChI is InChI=1S/C22H22N4S.C22H18N4S.C14H12OS.C11H7BrOS.C11H8OS.C7H7N3.C3H7BO2/c2*23-11-21(26-18-7-8-19-20(10-18)25-13-24-19)15-3-1-14(2-4-15)17-9-22(27-12-17)16-5-6-16;15-8-10-1-3-11(4-2-10)13-7-14(16-9-13)12-5-6-12;12-11-5-10(7-14-11)9-3-1-8(6-13)2-4-9;12-7-9-1-3-10(4-2-9)11-5-6-13-8-11;8-5-1-2-6-7(3-5)10-4-9-6;5-4(6)3-1-2-3/h1-4,7-10,12-13,16,21,26H,5-6,11,23H2,(H,24,25);1-4,7-10,12-13,16,21,26H,5-6H2,(H,24,25);1-4,7-9,12H,5-6H2;1-7H;1-8H;1-4H,8H2,(H,9,10);3,5-6H,1-2H2. The molecule has 566 valence electrons. The van der Waals surface area contributed by atoms with Gasteiger partial charge in [0.1, 0.15) is 24.9 Å².